The second kappa shape index (κ2) is 8.06. The average Bonchev–Trinajstić information content (AvgIpc) is 3.41. The van der Waals surface area contributed by atoms with Crippen molar-refractivity contribution in [3.8, 4) is 0 Å². The van der Waals surface area contributed by atoms with Crippen molar-refractivity contribution in [2.75, 3.05) is 43.9 Å². The van der Waals surface area contributed by atoms with Gasteiger partial charge in [-0.05, 0) is 72.9 Å². The molecule has 3 aliphatic rings. The third kappa shape index (κ3) is 4.03. The molecule has 2 aromatic carbocycles. The number of nitrogens with zero attached hydrogens (tertiary/aromatic N) is 2. The van der Waals surface area contributed by atoms with Crippen LogP contribution in [0.4, 0.5) is 5.69 Å². The molecule has 0 unspecified atom stereocenters. The van der Waals surface area contributed by atoms with E-state index in [0.29, 0.717) is 12.1 Å². The minimum Gasteiger partial charge on any atom is -0.369 e. The molecule has 0 spiro atoms. The van der Waals surface area contributed by atoms with Crippen LogP contribution in [0.5, 0.6) is 0 Å². The van der Waals surface area contributed by atoms with Gasteiger partial charge in [0.05, 0.1) is 11.4 Å². The molecule has 5 nitrogen and oxygen atoms in total. The molecule has 5 rings (SSSR count). The number of sulfone groups is 1. The highest BCUT2D eigenvalue weighted by Crippen LogP contribution is 2.40. The molecule has 0 N–H and O–H groups in total. The average molecular weight is 439 g/mol. The van der Waals surface area contributed by atoms with Crippen molar-refractivity contribution in [1.29, 1.82) is 0 Å². The van der Waals surface area contributed by atoms with Gasteiger partial charge in [0.25, 0.3) is 0 Å². The summed E-state index contributed by atoms with van der Waals surface area (Å²) in [6, 6.07) is 8.79. The van der Waals surface area contributed by atoms with Crippen molar-refractivity contribution in [1.82, 2.24) is 4.90 Å². The number of hydrogen-bond donors (Lipinski definition) is 0. The van der Waals surface area contributed by atoms with E-state index < -0.39 is 9.84 Å². The third-order valence-corrected chi connectivity index (χ3v) is 8.23. The van der Waals surface area contributed by atoms with Gasteiger partial charge in [0.1, 0.15) is 0 Å². The molecule has 6 heteroatoms. The lowest BCUT2D eigenvalue weighted by Crippen LogP contribution is -2.48. The fourth-order valence-corrected chi connectivity index (χ4v) is 6.11. The highest BCUT2D eigenvalue weighted by Gasteiger charge is 2.29. The molecule has 1 heterocycles. The summed E-state index contributed by atoms with van der Waals surface area (Å²) < 4.78 is 23.2. The molecule has 164 valence electrons. The zero-order valence-corrected chi connectivity index (χ0v) is 19.0. The second-order valence-electron chi connectivity index (χ2n) is 9.19. The van der Waals surface area contributed by atoms with E-state index in [4.69, 9.17) is 0 Å². The normalized spacial score (nSPS) is 18.8. The van der Waals surface area contributed by atoms with E-state index in [1.165, 1.54) is 62.6 Å². The molecular formula is C25H30N2O3S. The van der Waals surface area contributed by atoms with Crippen LogP contribution >= 0.6 is 0 Å². The Bertz CT molecular complexity index is 1080. The molecule has 31 heavy (non-hydrogen) atoms. The fraction of sp³-hybridized carbons (Fsp3) is 0.480. The van der Waals surface area contributed by atoms with Gasteiger partial charge < -0.3 is 4.90 Å². The van der Waals surface area contributed by atoms with E-state index in [-0.39, 0.29) is 10.7 Å². The van der Waals surface area contributed by atoms with Gasteiger partial charge in [-0.15, -0.1) is 0 Å². The number of aryl methyl sites for hydroxylation is 2. The maximum Gasteiger partial charge on any atom is 0.176 e. The number of rotatable bonds is 5. The second-order valence-corrected chi connectivity index (χ2v) is 11.2. The van der Waals surface area contributed by atoms with E-state index in [0.717, 1.165) is 26.2 Å². The monoisotopic (exact) mass is 438 g/mol. The molecular weight excluding hydrogens is 408 g/mol. The SMILES string of the molecule is CS(=O)(=O)c1ccc(C(=O)CN2CCN(c3c4c(cc5c3CCC5)CCC4)CC2)cc1. The number of benzene rings is 2. The lowest BCUT2D eigenvalue weighted by Gasteiger charge is -2.38. The number of ketones is 1. The number of anilines is 1. The van der Waals surface area contributed by atoms with Crippen LogP contribution < -0.4 is 4.90 Å². The highest BCUT2D eigenvalue weighted by atomic mass is 32.2. The summed E-state index contributed by atoms with van der Waals surface area (Å²) in [5, 5.41) is 0. The zero-order valence-electron chi connectivity index (χ0n) is 18.2. The summed E-state index contributed by atoms with van der Waals surface area (Å²) >= 11 is 0. The summed E-state index contributed by atoms with van der Waals surface area (Å²) in [6.07, 6.45) is 8.60. The van der Waals surface area contributed by atoms with Crippen molar-refractivity contribution in [2.24, 2.45) is 0 Å². The lowest BCUT2D eigenvalue weighted by atomic mass is 9.97. The minimum atomic E-state index is -3.24. The number of Topliss-reactive ketones (excluding diaryl/α,β-unsaturated/α-hetero) is 1. The van der Waals surface area contributed by atoms with Crippen molar-refractivity contribution in [3.63, 3.8) is 0 Å². The summed E-state index contributed by atoms with van der Waals surface area (Å²) in [5.74, 6) is 0.0509. The predicted molar refractivity (Wildman–Crippen MR) is 123 cm³/mol. The smallest absolute Gasteiger partial charge is 0.176 e. The van der Waals surface area contributed by atoms with Crippen LogP contribution in [-0.2, 0) is 35.5 Å². The van der Waals surface area contributed by atoms with E-state index in [1.807, 2.05) is 0 Å². The van der Waals surface area contributed by atoms with E-state index in [2.05, 4.69) is 15.9 Å². The van der Waals surface area contributed by atoms with E-state index >= 15 is 0 Å². The molecule has 0 bridgehead atoms. The first-order valence-corrected chi connectivity index (χ1v) is 13.3. The van der Waals surface area contributed by atoms with Crippen LogP contribution in [0.2, 0.25) is 0 Å². The first-order valence-electron chi connectivity index (χ1n) is 11.4. The Balaban J connectivity index is 1.25. The van der Waals surface area contributed by atoms with Gasteiger partial charge in [-0.1, -0.05) is 18.2 Å². The predicted octanol–water partition coefficient (Wildman–Crippen LogP) is 3.07. The molecule has 1 fully saturated rings. The number of carbonyl (C=O) groups excluding carboxylic acids is 1. The molecule has 0 aromatic heterocycles. The maximum absolute atomic E-state index is 12.7. The van der Waals surface area contributed by atoms with Gasteiger partial charge in [-0.3, -0.25) is 9.69 Å². The number of carbonyl (C=O) groups is 1. The van der Waals surface area contributed by atoms with Crippen molar-refractivity contribution >= 4 is 21.3 Å². The quantitative estimate of drug-likeness (QED) is 0.672. The molecule has 2 aromatic rings. The molecule has 0 atom stereocenters. The largest absolute Gasteiger partial charge is 0.369 e. The summed E-state index contributed by atoms with van der Waals surface area (Å²) in [6.45, 7) is 4.07. The van der Waals surface area contributed by atoms with Crippen molar-refractivity contribution in [3.05, 3.63) is 58.1 Å². The third-order valence-electron chi connectivity index (χ3n) is 7.10. The topological polar surface area (TPSA) is 57.7 Å². The van der Waals surface area contributed by atoms with Crippen LogP contribution in [-0.4, -0.2) is 58.1 Å². The highest BCUT2D eigenvalue weighted by molar-refractivity contribution is 7.90. The van der Waals surface area contributed by atoms with Crippen LogP contribution in [0.3, 0.4) is 0 Å². The molecule has 0 amide bonds. The molecule has 1 saturated heterocycles. The van der Waals surface area contributed by atoms with Gasteiger partial charge in [-0.2, -0.15) is 0 Å². The number of piperazine rings is 1. The Labute approximate surface area is 185 Å². The first kappa shape index (κ1) is 20.7. The van der Waals surface area contributed by atoms with Gasteiger partial charge in [0.15, 0.2) is 15.6 Å². The number of hydrogen-bond acceptors (Lipinski definition) is 5. The molecule has 0 saturated carbocycles. The van der Waals surface area contributed by atoms with E-state index in [1.54, 1.807) is 34.4 Å². The molecule has 0 radical (unpaired) electrons. The van der Waals surface area contributed by atoms with E-state index in [9.17, 15) is 13.2 Å². The Kier molecular flexibility index (Phi) is 5.39. The Morgan fingerprint density at radius 3 is 2.00 bits per heavy atom. The Morgan fingerprint density at radius 1 is 0.871 bits per heavy atom. The van der Waals surface area contributed by atoms with Gasteiger partial charge in [0.2, 0.25) is 0 Å². The Hall–Kier alpha value is -2.18. The van der Waals surface area contributed by atoms with Crippen molar-refractivity contribution < 1.29 is 13.2 Å². The first-order chi connectivity index (χ1) is 14.9. The summed E-state index contributed by atoms with van der Waals surface area (Å²) in [5.41, 5.74) is 8.45. The summed E-state index contributed by atoms with van der Waals surface area (Å²) in [7, 11) is -3.24. The fourth-order valence-electron chi connectivity index (χ4n) is 5.48. The van der Waals surface area contributed by atoms with Crippen LogP contribution in [0.15, 0.2) is 35.2 Å². The van der Waals surface area contributed by atoms with Gasteiger partial charge >= 0.3 is 0 Å². The van der Waals surface area contributed by atoms with Crippen LogP contribution in [0.25, 0.3) is 0 Å². The van der Waals surface area contributed by atoms with Gasteiger partial charge in [0, 0.05) is 43.7 Å². The Morgan fingerprint density at radius 2 is 1.45 bits per heavy atom. The van der Waals surface area contributed by atoms with Crippen molar-refractivity contribution in [2.45, 2.75) is 43.4 Å². The molecule has 1 aliphatic heterocycles. The number of fused-ring (bicyclic) bond motifs is 2. The van der Waals surface area contributed by atoms with Gasteiger partial charge in [-0.25, -0.2) is 8.42 Å². The maximum atomic E-state index is 12.7. The zero-order chi connectivity index (χ0) is 21.6. The standard InChI is InChI=1S/C25H30N2O3S/c1-31(29,30)21-10-8-18(9-11-21)24(28)17-26-12-14-27(15-13-26)25-22-6-2-4-19(22)16-20-5-3-7-23(20)25/h8-11,16H,2-7,12-15,17H2,1H3. The summed E-state index contributed by atoms with van der Waals surface area (Å²) in [4.78, 5) is 17.8. The minimum absolute atomic E-state index is 0.0509. The lowest BCUT2D eigenvalue weighted by molar-refractivity contribution is 0.0926. The van der Waals surface area contributed by atoms with Crippen LogP contribution in [0, 0.1) is 0 Å². The molecule has 2 aliphatic carbocycles. The van der Waals surface area contributed by atoms with Crippen LogP contribution in [0.1, 0.15) is 45.5 Å².